The van der Waals surface area contributed by atoms with Gasteiger partial charge in [0.2, 0.25) is 5.91 Å². The third-order valence-corrected chi connectivity index (χ3v) is 4.91. The van der Waals surface area contributed by atoms with Crippen molar-refractivity contribution in [1.82, 2.24) is 20.4 Å². The minimum absolute atomic E-state index is 0. The number of piperidine rings is 1. The SMILES string of the molecule is CN1CCN(C(C(=O)N[C@H]2CCCNC2)c2ccccc2)CC1.Cl.Cl. The second kappa shape index (κ2) is 11.0. The fourth-order valence-electron chi connectivity index (χ4n) is 3.50. The van der Waals surface area contributed by atoms with Gasteiger partial charge in [-0.2, -0.15) is 0 Å². The molecule has 0 bridgehead atoms. The van der Waals surface area contributed by atoms with Crippen molar-refractivity contribution < 1.29 is 4.79 Å². The lowest BCUT2D eigenvalue weighted by Gasteiger charge is -2.38. The fraction of sp³-hybridized carbons (Fsp3) is 0.611. The molecule has 2 heterocycles. The van der Waals surface area contributed by atoms with E-state index in [0.717, 1.165) is 57.7 Å². The number of hydrogen-bond acceptors (Lipinski definition) is 4. The summed E-state index contributed by atoms with van der Waals surface area (Å²) in [5.41, 5.74) is 1.10. The van der Waals surface area contributed by atoms with Crippen molar-refractivity contribution in [1.29, 1.82) is 0 Å². The molecule has 0 radical (unpaired) electrons. The number of rotatable bonds is 4. The van der Waals surface area contributed by atoms with Gasteiger partial charge in [-0.05, 0) is 32.0 Å². The molecule has 0 aromatic heterocycles. The van der Waals surface area contributed by atoms with Crippen molar-refractivity contribution in [3.63, 3.8) is 0 Å². The molecule has 7 heteroatoms. The van der Waals surface area contributed by atoms with E-state index in [4.69, 9.17) is 0 Å². The van der Waals surface area contributed by atoms with Crippen LogP contribution in [0.15, 0.2) is 30.3 Å². The zero-order valence-corrected chi connectivity index (χ0v) is 16.5. The molecule has 3 rings (SSSR count). The molecule has 2 saturated heterocycles. The van der Waals surface area contributed by atoms with Gasteiger partial charge in [0.05, 0.1) is 0 Å². The first-order chi connectivity index (χ1) is 11.2. The quantitative estimate of drug-likeness (QED) is 0.823. The topological polar surface area (TPSA) is 47.6 Å². The highest BCUT2D eigenvalue weighted by molar-refractivity contribution is 5.85. The molecular weight excluding hydrogens is 359 g/mol. The number of likely N-dealkylation sites (N-methyl/N-ethyl adjacent to an activating group) is 1. The number of benzene rings is 1. The van der Waals surface area contributed by atoms with Gasteiger partial charge in [-0.3, -0.25) is 9.69 Å². The molecule has 142 valence electrons. The molecular formula is C18H30Cl2N4O. The smallest absolute Gasteiger partial charge is 0.242 e. The number of carbonyl (C=O) groups is 1. The number of halogens is 2. The Bertz CT molecular complexity index is 503. The zero-order chi connectivity index (χ0) is 16.1. The maximum Gasteiger partial charge on any atom is 0.242 e. The highest BCUT2D eigenvalue weighted by Crippen LogP contribution is 2.23. The van der Waals surface area contributed by atoms with E-state index in [1.807, 2.05) is 18.2 Å². The van der Waals surface area contributed by atoms with Gasteiger partial charge in [-0.25, -0.2) is 0 Å². The van der Waals surface area contributed by atoms with Crippen LogP contribution < -0.4 is 10.6 Å². The van der Waals surface area contributed by atoms with Crippen molar-refractivity contribution in [3.05, 3.63) is 35.9 Å². The predicted octanol–water partition coefficient (Wildman–Crippen LogP) is 1.69. The molecule has 1 aromatic rings. The predicted molar refractivity (Wildman–Crippen MR) is 107 cm³/mol. The Morgan fingerprint density at radius 3 is 2.44 bits per heavy atom. The number of nitrogens with one attached hydrogen (secondary N) is 2. The molecule has 2 fully saturated rings. The van der Waals surface area contributed by atoms with Crippen LogP contribution in [0.5, 0.6) is 0 Å². The molecule has 25 heavy (non-hydrogen) atoms. The van der Waals surface area contributed by atoms with Gasteiger partial charge < -0.3 is 15.5 Å². The monoisotopic (exact) mass is 388 g/mol. The molecule has 0 saturated carbocycles. The normalized spacial score (nSPS) is 23.0. The van der Waals surface area contributed by atoms with E-state index in [1.54, 1.807) is 0 Å². The minimum Gasteiger partial charge on any atom is -0.350 e. The Hall–Kier alpha value is -0.850. The van der Waals surface area contributed by atoms with Crippen LogP contribution in [0.4, 0.5) is 0 Å². The maximum atomic E-state index is 13.0. The minimum atomic E-state index is -0.174. The van der Waals surface area contributed by atoms with Crippen LogP contribution in [-0.4, -0.2) is 68.1 Å². The molecule has 1 amide bonds. The summed E-state index contributed by atoms with van der Waals surface area (Å²) in [4.78, 5) is 17.6. The van der Waals surface area contributed by atoms with Crippen LogP contribution in [0.2, 0.25) is 0 Å². The van der Waals surface area contributed by atoms with E-state index < -0.39 is 0 Å². The molecule has 2 aliphatic rings. The van der Waals surface area contributed by atoms with Crippen molar-refractivity contribution in [2.75, 3.05) is 46.3 Å². The maximum absolute atomic E-state index is 13.0. The molecule has 0 aliphatic carbocycles. The summed E-state index contributed by atoms with van der Waals surface area (Å²) in [5, 5.41) is 6.64. The van der Waals surface area contributed by atoms with Crippen molar-refractivity contribution in [3.8, 4) is 0 Å². The average molecular weight is 389 g/mol. The molecule has 1 unspecified atom stereocenters. The summed E-state index contributed by atoms with van der Waals surface area (Å²) in [6.07, 6.45) is 2.21. The van der Waals surface area contributed by atoms with Crippen LogP contribution >= 0.6 is 24.8 Å². The van der Waals surface area contributed by atoms with Crippen molar-refractivity contribution in [2.45, 2.75) is 24.9 Å². The Balaban J connectivity index is 0.00000156. The molecule has 2 atom stereocenters. The number of hydrogen-bond donors (Lipinski definition) is 2. The summed E-state index contributed by atoms with van der Waals surface area (Å²) in [6.45, 7) is 5.85. The van der Waals surface area contributed by atoms with Gasteiger partial charge in [-0.15, -0.1) is 24.8 Å². The Morgan fingerprint density at radius 1 is 1.16 bits per heavy atom. The molecule has 5 nitrogen and oxygen atoms in total. The summed E-state index contributed by atoms with van der Waals surface area (Å²) in [7, 11) is 2.14. The van der Waals surface area contributed by atoms with Crippen molar-refractivity contribution in [2.24, 2.45) is 0 Å². The van der Waals surface area contributed by atoms with E-state index in [0.29, 0.717) is 0 Å². The first-order valence-electron chi connectivity index (χ1n) is 8.72. The van der Waals surface area contributed by atoms with E-state index in [-0.39, 0.29) is 42.8 Å². The van der Waals surface area contributed by atoms with Crippen LogP contribution in [0.25, 0.3) is 0 Å². The van der Waals surface area contributed by atoms with E-state index in [2.05, 4.69) is 39.6 Å². The summed E-state index contributed by atoms with van der Waals surface area (Å²) in [6, 6.07) is 10.3. The average Bonchev–Trinajstić information content (AvgIpc) is 2.59. The number of piperazine rings is 1. The Morgan fingerprint density at radius 2 is 1.84 bits per heavy atom. The first-order valence-corrected chi connectivity index (χ1v) is 8.72. The standard InChI is InChI=1S/C18H28N4O.2ClH/c1-21-10-12-22(13-11-21)17(15-6-3-2-4-7-15)18(23)20-16-8-5-9-19-14-16;;/h2-4,6-7,16-17,19H,5,8-14H2,1H3,(H,20,23);2*1H/t16-,17?;;/m0../s1. The Labute approximate surface area is 163 Å². The summed E-state index contributed by atoms with van der Waals surface area (Å²) >= 11 is 0. The van der Waals surface area contributed by atoms with E-state index >= 15 is 0 Å². The summed E-state index contributed by atoms with van der Waals surface area (Å²) < 4.78 is 0. The fourth-order valence-corrected chi connectivity index (χ4v) is 3.50. The number of amides is 1. The van der Waals surface area contributed by atoms with Crippen molar-refractivity contribution >= 4 is 30.7 Å². The second-order valence-electron chi connectivity index (χ2n) is 6.70. The summed E-state index contributed by atoms with van der Waals surface area (Å²) in [5.74, 6) is 0.148. The van der Waals surface area contributed by atoms with E-state index in [9.17, 15) is 4.79 Å². The lowest BCUT2D eigenvalue weighted by atomic mass is 10.0. The molecule has 2 aliphatic heterocycles. The zero-order valence-electron chi connectivity index (χ0n) is 14.8. The number of nitrogens with zero attached hydrogens (tertiary/aromatic N) is 2. The van der Waals surface area contributed by atoms with E-state index in [1.165, 1.54) is 0 Å². The van der Waals surface area contributed by atoms with Gasteiger partial charge in [0.25, 0.3) is 0 Å². The molecule has 2 N–H and O–H groups in total. The number of carbonyl (C=O) groups excluding carboxylic acids is 1. The second-order valence-corrected chi connectivity index (χ2v) is 6.70. The first kappa shape index (κ1) is 22.2. The lowest BCUT2D eigenvalue weighted by molar-refractivity contribution is -0.128. The third kappa shape index (κ3) is 6.12. The van der Waals surface area contributed by atoms with Crippen LogP contribution in [0.1, 0.15) is 24.4 Å². The van der Waals surface area contributed by atoms with Crippen LogP contribution in [-0.2, 0) is 4.79 Å². The van der Waals surface area contributed by atoms with Gasteiger partial charge in [-0.1, -0.05) is 30.3 Å². The Kier molecular flexibility index (Phi) is 9.75. The van der Waals surface area contributed by atoms with Gasteiger partial charge >= 0.3 is 0 Å². The molecule has 0 spiro atoms. The van der Waals surface area contributed by atoms with Crippen LogP contribution in [0, 0.1) is 0 Å². The van der Waals surface area contributed by atoms with Crippen LogP contribution in [0.3, 0.4) is 0 Å². The lowest BCUT2D eigenvalue weighted by Crippen LogP contribution is -2.53. The van der Waals surface area contributed by atoms with Gasteiger partial charge in [0.1, 0.15) is 6.04 Å². The highest BCUT2D eigenvalue weighted by Gasteiger charge is 2.31. The van der Waals surface area contributed by atoms with Gasteiger partial charge in [0.15, 0.2) is 0 Å². The third-order valence-electron chi connectivity index (χ3n) is 4.91. The van der Waals surface area contributed by atoms with Gasteiger partial charge in [0, 0.05) is 38.8 Å². The molecule has 1 aromatic carbocycles. The largest absolute Gasteiger partial charge is 0.350 e. The highest BCUT2D eigenvalue weighted by atomic mass is 35.5.